The fourth-order valence-corrected chi connectivity index (χ4v) is 2.02. The lowest BCUT2D eigenvalue weighted by Crippen LogP contribution is -2.22. The summed E-state index contributed by atoms with van der Waals surface area (Å²) in [6.45, 7) is 8.96. The highest BCUT2D eigenvalue weighted by Gasteiger charge is 2.14. The molecule has 1 N–H and O–H groups in total. The van der Waals surface area contributed by atoms with Crippen molar-refractivity contribution in [3.63, 3.8) is 0 Å². The van der Waals surface area contributed by atoms with E-state index >= 15 is 0 Å². The molecule has 6 nitrogen and oxygen atoms in total. The van der Waals surface area contributed by atoms with E-state index in [1.807, 2.05) is 34.6 Å². The third-order valence-corrected chi connectivity index (χ3v) is 3.27. The number of rotatable bonds is 5. The molecule has 6 heteroatoms. The van der Waals surface area contributed by atoms with Gasteiger partial charge < -0.3 is 9.88 Å². The van der Waals surface area contributed by atoms with Gasteiger partial charge in [0.25, 0.3) is 0 Å². The van der Waals surface area contributed by atoms with Crippen molar-refractivity contribution in [3.05, 3.63) is 30.5 Å². The Bertz CT molecular complexity index is 606. The number of anilines is 1. The first-order chi connectivity index (χ1) is 9.86. The van der Waals surface area contributed by atoms with Crippen LogP contribution in [0.2, 0.25) is 0 Å². The molecule has 0 atom stereocenters. The Morgan fingerprint density at radius 1 is 1.33 bits per heavy atom. The summed E-state index contributed by atoms with van der Waals surface area (Å²) in [6, 6.07) is 1.82. The Morgan fingerprint density at radius 3 is 2.67 bits per heavy atom. The highest BCUT2D eigenvalue weighted by atomic mass is 16.1. The molecule has 0 spiro atoms. The number of nitrogens with one attached hydrogen (secondary N) is 1. The zero-order valence-electron chi connectivity index (χ0n) is 13.1. The first-order valence-corrected chi connectivity index (χ1v) is 7.20. The maximum Gasteiger partial charge on any atom is 0.225 e. The maximum atomic E-state index is 11.9. The van der Waals surface area contributed by atoms with Crippen LogP contribution < -0.4 is 5.32 Å². The van der Waals surface area contributed by atoms with Crippen molar-refractivity contribution < 1.29 is 4.79 Å². The quantitative estimate of drug-likeness (QED) is 0.920. The van der Waals surface area contributed by atoms with Crippen molar-refractivity contribution in [2.24, 2.45) is 0 Å². The Balaban J connectivity index is 1.79. The molecule has 0 aromatic carbocycles. The molecule has 0 aliphatic carbocycles. The van der Waals surface area contributed by atoms with Gasteiger partial charge in [-0.3, -0.25) is 9.48 Å². The number of amides is 1. The van der Waals surface area contributed by atoms with Crippen molar-refractivity contribution in [1.29, 1.82) is 0 Å². The predicted octanol–water partition coefficient (Wildman–Crippen LogP) is 2.56. The van der Waals surface area contributed by atoms with E-state index in [4.69, 9.17) is 0 Å². The van der Waals surface area contributed by atoms with Gasteiger partial charge in [-0.15, -0.1) is 0 Å². The van der Waals surface area contributed by atoms with E-state index in [1.165, 1.54) is 0 Å². The van der Waals surface area contributed by atoms with E-state index < -0.39 is 0 Å². The molecule has 0 aliphatic rings. The van der Waals surface area contributed by atoms with Crippen LogP contribution in [0.25, 0.3) is 0 Å². The van der Waals surface area contributed by atoms with Gasteiger partial charge >= 0.3 is 0 Å². The van der Waals surface area contributed by atoms with Crippen LogP contribution in [0.4, 0.5) is 5.82 Å². The van der Waals surface area contributed by atoms with E-state index in [9.17, 15) is 4.79 Å². The number of carbonyl (C=O) groups is 1. The minimum Gasteiger partial charge on any atom is -0.335 e. The highest BCUT2D eigenvalue weighted by molar-refractivity contribution is 5.89. The molecule has 0 aliphatic heterocycles. The molecule has 2 aromatic rings. The smallest absolute Gasteiger partial charge is 0.225 e. The van der Waals surface area contributed by atoms with Crippen LogP contribution in [-0.2, 0) is 16.9 Å². The second kappa shape index (κ2) is 6.11. The van der Waals surface area contributed by atoms with Crippen LogP contribution in [-0.4, -0.2) is 25.2 Å². The van der Waals surface area contributed by atoms with Gasteiger partial charge in [-0.1, -0.05) is 0 Å². The van der Waals surface area contributed by atoms with E-state index in [1.54, 1.807) is 6.20 Å². The number of hydrogen-bond donors (Lipinski definition) is 1. The minimum atomic E-state index is -0.0814. The SMILES string of the molecule is Cc1nccn1CCCC(=O)Nc1ccn(C(C)(C)C)n1. The Hall–Kier alpha value is -2.11. The molecule has 1 amide bonds. The normalized spacial score (nSPS) is 11.6. The highest BCUT2D eigenvalue weighted by Crippen LogP contribution is 2.14. The third kappa shape index (κ3) is 4.18. The van der Waals surface area contributed by atoms with Crippen LogP contribution in [0.1, 0.15) is 39.4 Å². The number of carbonyl (C=O) groups excluding carboxylic acids is 1. The molecule has 0 radical (unpaired) electrons. The molecule has 0 bridgehead atoms. The van der Waals surface area contributed by atoms with Gasteiger partial charge in [-0.25, -0.2) is 4.98 Å². The van der Waals surface area contributed by atoms with Crippen LogP contribution >= 0.6 is 0 Å². The Kier molecular flexibility index (Phi) is 4.45. The van der Waals surface area contributed by atoms with Crippen LogP contribution in [0.5, 0.6) is 0 Å². The number of hydrogen-bond acceptors (Lipinski definition) is 3. The summed E-state index contributed by atoms with van der Waals surface area (Å²) in [5.74, 6) is 1.57. The molecule has 0 saturated carbocycles. The van der Waals surface area contributed by atoms with E-state index in [-0.39, 0.29) is 11.4 Å². The summed E-state index contributed by atoms with van der Waals surface area (Å²) in [5.41, 5.74) is -0.0814. The lowest BCUT2D eigenvalue weighted by molar-refractivity contribution is -0.116. The van der Waals surface area contributed by atoms with E-state index in [0.717, 1.165) is 18.8 Å². The lowest BCUT2D eigenvalue weighted by atomic mass is 10.1. The molecule has 2 aromatic heterocycles. The summed E-state index contributed by atoms with van der Waals surface area (Å²) >= 11 is 0. The van der Waals surface area contributed by atoms with Gasteiger partial charge in [-0.05, 0) is 34.1 Å². The van der Waals surface area contributed by atoms with Gasteiger partial charge in [-0.2, -0.15) is 5.10 Å². The third-order valence-electron chi connectivity index (χ3n) is 3.27. The molecule has 2 rings (SSSR count). The molecule has 0 fully saturated rings. The van der Waals surface area contributed by atoms with Crippen LogP contribution in [0.3, 0.4) is 0 Å². The fourth-order valence-electron chi connectivity index (χ4n) is 2.02. The Labute approximate surface area is 125 Å². The first-order valence-electron chi connectivity index (χ1n) is 7.20. The van der Waals surface area contributed by atoms with Gasteiger partial charge in [0, 0.05) is 37.6 Å². The van der Waals surface area contributed by atoms with Gasteiger partial charge in [0.2, 0.25) is 5.91 Å². The summed E-state index contributed by atoms with van der Waals surface area (Å²) < 4.78 is 3.89. The molecular formula is C15H23N5O. The molecule has 21 heavy (non-hydrogen) atoms. The summed E-state index contributed by atoms with van der Waals surface area (Å²) in [7, 11) is 0. The fraction of sp³-hybridized carbons (Fsp3) is 0.533. The molecule has 114 valence electrons. The number of aryl methyl sites for hydroxylation is 2. The minimum absolute atomic E-state index is 0.00747. The largest absolute Gasteiger partial charge is 0.335 e. The van der Waals surface area contributed by atoms with Gasteiger partial charge in [0.05, 0.1) is 5.54 Å². The van der Waals surface area contributed by atoms with Gasteiger partial charge in [0.15, 0.2) is 5.82 Å². The first kappa shape index (κ1) is 15.3. The van der Waals surface area contributed by atoms with Crippen LogP contribution in [0, 0.1) is 6.92 Å². The van der Waals surface area contributed by atoms with Crippen molar-refractivity contribution in [1.82, 2.24) is 19.3 Å². The van der Waals surface area contributed by atoms with Crippen molar-refractivity contribution >= 4 is 11.7 Å². The second-order valence-electron chi connectivity index (χ2n) is 6.14. The van der Waals surface area contributed by atoms with Crippen molar-refractivity contribution in [2.45, 2.75) is 52.6 Å². The number of imidazole rings is 1. The number of aromatic nitrogens is 4. The maximum absolute atomic E-state index is 11.9. The van der Waals surface area contributed by atoms with Crippen LogP contribution in [0.15, 0.2) is 24.7 Å². The topological polar surface area (TPSA) is 64.7 Å². The zero-order valence-corrected chi connectivity index (χ0v) is 13.1. The van der Waals surface area contributed by atoms with E-state index in [0.29, 0.717) is 12.2 Å². The Morgan fingerprint density at radius 2 is 2.10 bits per heavy atom. The zero-order chi connectivity index (χ0) is 15.5. The average Bonchev–Trinajstić information content (AvgIpc) is 2.99. The molecule has 0 unspecified atom stereocenters. The monoisotopic (exact) mass is 289 g/mol. The lowest BCUT2D eigenvalue weighted by Gasteiger charge is -2.18. The molecule has 0 saturated heterocycles. The summed E-state index contributed by atoms with van der Waals surface area (Å²) in [4.78, 5) is 16.1. The van der Waals surface area contributed by atoms with E-state index in [2.05, 4.69) is 36.2 Å². The summed E-state index contributed by atoms with van der Waals surface area (Å²) in [6.07, 6.45) is 6.83. The molecular weight excluding hydrogens is 266 g/mol. The van der Waals surface area contributed by atoms with Crippen molar-refractivity contribution in [2.75, 3.05) is 5.32 Å². The number of nitrogens with zero attached hydrogens (tertiary/aromatic N) is 4. The predicted molar refractivity (Wildman–Crippen MR) is 82.1 cm³/mol. The standard InChI is InChI=1S/C15H23N5O/c1-12-16-8-11-19(12)9-5-6-14(21)17-13-7-10-20(18-13)15(2,3)4/h7-8,10-11H,5-6,9H2,1-4H3,(H,17,18,21). The van der Waals surface area contributed by atoms with Crippen molar-refractivity contribution in [3.8, 4) is 0 Å². The van der Waals surface area contributed by atoms with Gasteiger partial charge in [0.1, 0.15) is 5.82 Å². The molecule has 2 heterocycles. The average molecular weight is 289 g/mol. The summed E-state index contributed by atoms with van der Waals surface area (Å²) in [5, 5.41) is 7.20. The second-order valence-corrected chi connectivity index (χ2v) is 6.14.